The van der Waals surface area contributed by atoms with Crippen LogP contribution in [0, 0.1) is 12.7 Å². The van der Waals surface area contributed by atoms with Gasteiger partial charge in [-0.1, -0.05) is 30.3 Å². The largest absolute Gasteiger partial charge is 0.343 e. The molecule has 0 fully saturated rings. The number of rotatable bonds is 3. The number of hydrogen-bond acceptors (Lipinski definition) is 3. The van der Waals surface area contributed by atoms with Crippen LogP contribution in [-0.4, -0.2) is 15.0 Å². The molecule has 118 valence electrons. The molecule has 0 aliphatic carbocycles. The van der Waals surface area contributed by atoms with E-state index in [0.29, 0.717) is 11.6 Å². The van der Waals surface area contributed by atoms with Crippen molar-refractivity contribution in [3.63, 3.8) is 0 Å². The summed E-state index contributed by atoms with van der Waals surface area (Å²) in [5.41, 5.74) is 3.49. The van der Waals surface area contributed by atoms with Crippen LogP contribution < -0.4 is 5.32 Å². The highest BCUT2D eigenvalue weighted by Gasteiger charge is 2.11. The van der Waals surface area contributed by atoms with Gasteiger partial charge >= 0.3 is 0 Å². The lowest BCUT2D eigenvalue weighted by Gasteiger charge is -2.09. The highest BCUT2D eigenvalue weighted by atomic mass is 19.1. The van der Waals surface area contributed by atoms with Crippen LogP contribution in [0.25, 0.3) is 22.4 Å². The summed E-state index contributed by atoms with van der Waals surface area (Å²) in [7, 11) is 0. The van der Waals surface area contributed by atoms with E-state index in [9.17, 15) is 4.39 Å². The highest BCUT2D eigenvalue weighted by Crippen LogP contribution is 2.27. The second-order valence-corrected chi connectivity index (χ2v) is 5.61. The van der Waals surface area contributed by atoms with Gasteiger partial charge in [0.15, 0.2) is 5.82 Å². The molecule has 2 aromatic carbocycles. The maximum atomic E-state index is 13.1. The Morgan fingerprint density at radius 3 is 2.46 bits per heavy atom. The average Bonchev–Trinajstić information content (AvgIpc) is 2.98. The van der Waals surface area contributed by atoms with Crippen molar-refractivity contribution < 1.29 is 4.39 Å². The number of aromatic amines is 1. The Bertz CT molecular complexity index is 991. The number of nitrogens with one attached hydrogen (secondary N) is 2. The first-order chi connectivity index (χ1) is 11.7. The minimum Gasteiger partial charge on any atom is -0.343 e. The Labute approximate surface area is 138 Å². The lowest BCUT2D eigenvalue weighted by molar-refractivity contribution is 0.628. The molecule has 5 heteroatoms. The first kappa shape index (κ1) is 14.4. The Hall–Kier alpha value is -3.21. The summed E-state index contributed by atoms with van der Waals surface area (Å²) in [6.45, 7) is 1.98. The van der Waals surface area contributed by atoms with Gasteiger partial charge in [0.2, 0.25) is 0 Å². The van der Waals surface area contributed by atoms with Crippen molar-refractivity contribution >= 4 is 22.5 Å². The number of halogens is 1. The van der Waals surface area contributed by atoms with Gasteiger partial charge < -0.3 is 10.3 Å². The van der Waals surface area contributed by atoms with E-state index < -0.39 is 0 Å². The van der Waals surface area contributed by atoms with Crippen molar-refractivity contribution in [2.24, 2.45) is 0 Å². The molecule has 0 amide bonds. The fourth-order valence-electron chi connectivity index (χ4n) is 2.62. The number of aromatic nitrogens is 3. The Morgan fingerprint density at radius 1 is 0.958 bits per heavy atom. The summed E-state index contributed by atoms with van der Waals surface area (Å²) in [4.78, 5) is 12.5. The molecule has 0 unspecified atom stereocenters. The molecule has 0 aliphatic heterocycles. The normalized spacial score (nSPS) is 10.9. The van der Waals surface area contributed by atoms with Gasteiger partial charge in [0.25, 0.3) is 0 Å². The minimum atomic E-state index is -0.268. The van der Waals surface area contributed by atoms with Gasteiger partial charge in [-0.15, -0.1) is 0 Å². The molecule has 0 radical (unpaired) electrons. The van der Waals surface area contributed by atoms with E-state index in [0.717, 1.165) is 28.0 Å². The second kappa shape index (κ2) is 5.77. The third-order valence-corrected chi connectivity index (χ3v) is 3.76. The summed E-state index contributed by atoms with van der Waals surface area (Å²) in [6.07, 6.45) is 0. The first-order valence-corrected chi connectivity index (χ1v) is 7.64. The number of nitrogens with zero attached hydrogens (tertiary/aromatic N) is 2. The fraction of sp³-hybridized carbons (Fsp3) is 0.0526. The molecule has 4 rings (SSSR count). The van der Waals surface area contributed by atoms with Crippen molar-refractivity contribution in [2.75, 3.05) is 5.32 Å². The van der Waals surface area contributed by atoms with Crippen molar-refractivity contribution in [3.8, 4) is 11.4 Å². The third-order valence-electron chi connectivity index (χ3n) is 3.76. The number of aryl methyl sites for hydroxylation is 1. The molecule has 4 nitrogen and oxygen atoms in total. The zero-order chi connectivity index (χ0) is 16.5. The quantitative estimate of drug-likeness (QED) is 0.569. The predicted molar refractivity (Wildman–Crippen MR) is 93.7 cm³/mol. The molecule has 0 aliphatic rings. The van der Waals surface area contributed by atoms with Gasteiger partial charge in [0.1, 0.15) is 17.3 Å². The molecule has 0 saturated heterocycles. The van der Waals surface area contributed by atoms with Crippen molar-refractivity contribution in [3.05, 3.63) is 72.2 Å². The number of fused-ring (bicyclic) bond motifs is 1. The molecule has 2 N–H and O–H groups in total. The Morgan fingerprint density at radius 2 is 1.71 bits per heavy atom. The second-order valence-electron chi connectivity index (χ2n) is 5.61. The van der Waals surface area contributed by atoms with Crippen molar-refractivity contribution in [2.45, 2.75) is 6.92 Å². The molecule has 0 bridgehead atoms. The number of anilines is 2. The summed E-state index contributed by atoms with van der Waals surface area (Å²) in [6, 6.07) is 18.0. The van der Waals surface area contributed by atoms with Crippen LogP contribution in [0.5, 0.6) is 0 Å². The van der Waals surface area contributed by atoms with Crippen LogP contribution in [0.15, 0.2) is 60.7 Å². The summed E-state index contributed by atoms with van der Waals surface area (Å²) < 4.78 is 13.1. The fourth-order valence-corrected chi connectivity index (χ4v) is 2.62. The van der Waals surface area contributed by atoms with Crippen LogP contribution in [0.2, 0.25) is 0 Å². The number of H-pyrrole nitrogens is 1. The van der Waals surface area contributed by atoms with Crippen LogP contribution in [0.3, 0.4) is 0 Å². The minimum absolute atomic E-state index is 0.268. The monoisotopic (exact) mass is 318 g/mol. The van der Waals surface area contributed by atoms with Crippen molar-refractivity contribution in [1.82, 2.24) is 15.0 Å². The van der Waals surface area contributed by atoms with Crippen LogP contribution in [0.1, 0.15) is 5.69 Å². The van der Waals surface area contributed by atoms with Crippen molar-refractivity contribution in [1.29, 1.82) is 0 Å². The third kappa shape index (κ3) is 2.72. The highest BCUT2D eigenvalue weighted by molar-refractivity contribution is 5.91. The molecule has 4 aromatic rings. The molecular weight excluding hydrogens is 303 g/mol. The maximum absolute atomic E-state index is 13.1. The topological polar surface area (TPSA) is 53.6 Å². The molecular formula is C19H15FN4. The predicted octanol–water partition coefficient (Wildman–Crippen LogP) is 4.82. The molecule has 2 heterocycles. The smallest absolute Gasteiger partial charge is 0.163 e. The van der Waals surface area contributed by atoms with Gasteiger partial charge in [0, 0.05) is 16.9 Å². The van der Waals surface area contributed by atoms with Gasteiger partial charge in [-0.3, -0.25) is 0 Å². The standard InChI is InChI=1S/C19H15FN4/c1-12-11-16-18(21-12)23-17(13-5-3-2-4-6-13)24-19(16)22-15-9-7-14(20)8-10-15/h2-11H,1H3,(H2,21,22,23,24). The van der Waals surface area contributed by atoms with E-state index in [1.54, 1.807) is 12.1 Å². The zero-order valence-corrected chi connectivity index (χ0v) is 13.0. The first-order valence-electron chi connectivity index (χ1n) is 7.64. The average molecular weight is 318 g/mol. The Kier molecular flexibility index (Phi) is 3.46. The summed E-state index contributed by atoms with van der Waals surface area (Å²) in [5.74, 6) is 1.06. The SMILES string of the molecule is Cc1cc2c(Nc3ccc(F)cc3)nc(-c3ccccc3)nc2[nH]1. The lowest BCUT2D eigenvalue weighted by Crippen LogP contribution is -1.98. The maximum Gasteiger partial charge on any atom is 0.163 e. The van der Waals surface area contributed by atoms with E-state index in [1.165, 1.54) is 12.1 Å². The van der Waals surface area contributed by atoms with Crippen LogP contribution >= 0.6 is 0 Å². The van der Waals surface area contributed by atoms with E-state index in [2.05, 4.69) is 20.3 Å². The summed E-state index contributed by atoms with van der Waals surface area (Å²) >= 11 is 0. The molecule has 0 saturated carbocycles. The molecule has 0 atom stereocenters. The number of benzene rings is 2. The van der Waals surface area contributed by atoms with Gasteiger partial charge in [-0.05, 0) is 37.3 Å². The van der Waals surface area contributed by atoms with E-state index in [4.69, 9.17) is 0 Å². The molecule has 2 aromatic heterocycles. The van der Waals surface area contributed by atoms with E-state index in [-0.39, 0.29) is 5.82 Å². The molecule has 0 spiro atoms. The molecule has 24 heavy (non-hydrogen) atoms. The van der Waals surface area contributed by atoms with Crippen LogP contribution in [-0.2, 0) is 0 Å². The van der Waals surface area contributed by atoms with E-state index >= 15 is 0 Å². The number of hydrogen-bond donors (Lipinski definition) is 2. The van der Waals surface area contributed by atoms with Gasteiger partial charge in [0.05, 0.1) is 5.39 Å². The zero-order valence-electron chi connectivity index (χ0n) is 13.0. The Balaban J connectivity index is 1.84. The van der Waals surface area contributed by atoms with Crippen LogP contribution in [0.4, 0.5) is 15.9 Å². The van der Waals surface area contributed by atoms with Gasteiger partial charge in [-0.25, -0.2) is 14.4 Å². The summed E-state index contributed by atoms with van der Waals surface area (Å²) in [5, 5.41) is 4.16. The lowest BCUT2D eigenvalue weighted by atomic mass is 10.2. The van der Waals surface area contributed by atoms with E-state index in [1.807, 2.05) is 43.3 Å². The van der Waals surface area contributed by atoms with Gasteiger partial charge in [-0.2, -0.15) is 0 Å².